The lowest BCUT2D eigenvalue weighted by molar-refractivity contribution is -0.153. The topological polar surface area (TPSA) is 80.8 Å². The highest BCUT2D eigenvalue weighted by Crippen LogP contribution is 2.35. The molecule has 3 heterocycles. The summed E-state index contributed by atoms with van der Waals surface area (Å²) in [5.74, 6) is 0.472. The molecule has 1 N–H and O–H groups in total. The van der Waals surface area contributed by atoms with Crippen LogP contribution in [0.4, 0.5) is 19.0 Å². The molecular formula is C25H28F3N3O4. The number of nitrogens with zero attached hydrogens (tertiary/aromatic N) is 2. The van der Waals surface area contributed by atoms with E-state index >= 15 is 0 Å². The summed E-state index contributed by atoms with van der Waals surface area (Å²) in [4.78, 5) is 31.7. The van der Waals surface area contributed by atoms with Crippen LogP contribution in [0.15, 0.2) is 30.5 Å². The van der Waals surface area contributed by atoms with Crippen molar-refractivity contribution in [1.82, 2.24) is 9.88 Å². The SMILES string of the molecule is Cc1cc(C(C)N2Cc3c(ccnc3NC(=O)CC3CCOCC3)C2=O)ccc1OCC(F)(F)F. The zero-order valence-corrected chi connectivity index (χ0v) is 19.7. The van der Waals surface area contributed by atoms with Crippen LogP contribution in [0.2, 0.25) is 0 Å². The van der Waals surface area contributed by atoms with Gasteiger partial charge in [-0.2, -0.15) is 13.2 Å². The first-order chi connectivity index (χ1) is 16.6. The molecule has 2 amide bonds. The molecule has 35 heavy (non-hydrogen) atoms. The van der Waals surface area contributed by atoms with Crippen LogP contribution in [0.1, 0.15) is 59.3 Å². The molecule has 1 unspecified atom stereocenters. The number of aromatic nitrogens is 1. The van der Waals surface area contributed by atoms with Crippen LogP contribution in [0, 0.1) is 12.8 Å². The van der Waals surface area contributed by atoms with Crippen molar-refractivity contribution in [2.24, 2.45) is 5.92 Å². The molecule has 0 aliphatic carbocycles. The Morgan fingerprint density at radius 2 is 2.03 bits per heavy atom. The highest BCUT2D eigenvalue weighted by atomic mass is 19.4. The molecule has 0 saturated carbocycles. The number of halogens is 3. The molecule has 10 heteroatoms. The van der Waals surface area contributed by atoms with Crippen molar-refractivity contribution < 1.29 is 32.2 Å². The predicted octanol–water partition coefficient (Wildman–Crippen LogP) is 4.80. The van der Waals surface area contributed by atoms with Gasteiger partial charge in [0.05, 0.1) is 12.6 Å². The summed E-state index contributed by atoms with van der Waals surface area (Å²) in [7, 11) is 0. The molecule has 1 atom stereocenters. The van der Waals surface area contributed by atoms with Crippen LogP contribution in [0.25, 0.3) is 0 Å². The second-order valence-corrected chi connectivity index (χ2v) is 9.03. The summed E-state index contributed by atoms with van der Waals surface area (Å²) in [5.41, 5.74) is 2.45. The number of nitrogens with one attached hydrogen (secondary N) is 1. The van der Waals surface area contributed by atoms with Crippen LogP contribution in [0.5, 0.6) is 5.75 Å². The average Bonchev–Trinajstić information content (AvgIpc) is 3.15. The van der Waals surface area contributed by atoms with Crippen molar-refractivity contribution in [3.05, 3.63) is 52.7 Å². The summed E-state index contributed by atoms with van der Waals surface area (Å²) in [6.07, 6.45) is -0.844. The Morgan fingerprint density at radius 3 is 2.71 bits per heavy atom. The largest absolute Gasteiger partial charge is 0.484 e. The van der Waals surface area contributed by atoms with Gasteiger partial charge in [-0.05, 0) is 55.9 Å². The number of aryl methyl sites for hydroxylation is 1. The van der Waals surface area contributed by atoms with Crippen LogP contribution in [-0.2, 0) is 16.1 Å². The molecule has 1 saturated heterocycles. The summed E-state index contributed by atoms with van der Waals surface area (Å²) < 4.78 is 47.7. The number of carbonyl (C=O) groups is 2. The third-order valence-electron chi connectivity index (χ3n) is 6.49. The molecule has 1 aromatic heterocycles. The summed E-state index contributed by atoms with van der Waals surface area (Å²) in [5, 5.41) is 2.87. The zero-order chi connectivity index (χ0) is 25.2. The Balaban J connectivity index is 1.45. The van der Waals surface area contributed by atoms with Crippen LogP contribution in [0.3, 0.4) is 0 Å². The smallest absolute Gasteiger partial charge is 0.422 e. The maximum absolute atomic E-state index is 13.2. The molecule has 2 aliphatic rings. The minimum Gasteiger partial charge on any atom is -0.484 e. The van der Waals surface area contributed by atoms with Gasteiger partial charge in [-0.15, -0.1) is 0 Å². The predicted molar refractivity (Wildman–Crippen MR) is 122 cm³/mol. The van der Waals surface area contributed by atoms with Gasteiger partial charge in [0, 0.05) is 37.0 Å². The monoisotopic (exact) mass is 491 g/mol. The number of anilines is 1. The Morgan fingerprint density at radius 1 is 1.29 bits per heavy atom. The van der Waals surface area contributed by atoms with Crippen LogP contribution < -0.4 is 10.1 Å². The molecule has 0 radical (unpaired) electrons. The molecule has 1 aromatic carbocycles. The van der Waals surface area contributed by atoms with E-state index in [0.717, 1.165) is 18.4 Å². The highest BCUT2D eigenvalue weighted by molar-refractivity contribution is 6.01. The highest BCUT2D eigenvalue weighted by Gasteiger charge is 2.34. The average molecular weight is 492 g/mol. The summed E-state index contributed by atoms with van der Waals surface area (Å²) in [6.45, 7) is 3.74. The van der Waals surface area contributed by atoms with E-state index in [1.54, 1.807) is 30.0 Å². The van der Waals surface area contributed by atoms with Crippen molar-refractivity contribution in [3.63, 3.8) is 0 Å². The van der Waals surface area contributed by atoms with E-state index < -0.39 is 12.8 Å². The van der Waals surface area contributed by atoms with E-state index in [0.29, 0.717) is 42.1 Å². The van der Waals surface area contributed by atoms with E-state index in [2.05, 4.69) is 10.3 Å². The third-order valence-corrected chi connectivity index (χ3v) is 6.49. The standard InChI is InChI=1S/C25H28F3N3O4/c1-15-11-18(3-4-21(15)35-14-25(26,27)28)16(2)31-13-20-19(24(31)33)5-8-29-23(20)30-22(32)12-17-6-9-34-10-7-17/h3-5,8,11,16-17H,6-7,9-10,12-14H2,1-2H3,(H,29,30,32). The van der Waals surface area contributed by atoms with Crippen molar-refractivity contribution in [3.8, 4) is 5.75 Å². The Hall–Kier alpha value is -3.14. The van der Waals surface area contributed by atoms with Gasteiger partial charge in [-0.1, -0.05) is 12.1 Å². The van der Waals surface area contributed by atoms with Crippen molar-refractivity contribution in [2.45, 2.75) is 51.9 Å². The number of ether oxygens (including phenoxy) is 2. The van der Waals surface area contributed by atoms with Gasteiger partial charge in [0.2, 0.25) is 5.91 Å². The molecule has 0 bridgehead atoms. The van der Waals surface area contributed by atoms with E-state index in [9.17, 15) is 22.8 Å². The molecule has 1 fully saturated rings. The normalized spacial score (nSPS) is 17.3. The molecule has 2 aliphatic heterocycles. The second kappa shape index (κ2) is 10.2. The minimum atomic E-state index is -4.42. The van der Waals surface area contributed by atoms with Gasteiger partial charge in [0.1, 0.15) is 11.6 Å². The van der Waals surface area contributed by atoms with Crippen molar-refractivity contribution >= 4 is 17.6 Å². The van der Waals surface area contributed by atoms with Crippen LogP contribution >= 0.6 is 0 Å². The maximum atomic E-state index is 13.2. The van der Waals surface area contributed by atoms with Gasteiger partial charge < -0.3 is 19.7 Å². The van der Waals surface area contributed by atoms with Gasteiger partial charge >= 0.3 is 6.18 Å². The number of rotatable bonds is 7. The summed E-state index contributed by atoms with van der Waals surface area (Å²) in [6, 6.07) is 6.16. The Labute approximate surface area is 201 Å². The molecular weight excluding hydrogens is 463 g/mol. The number of hydrogen-bond acceptors (Lipinski definition) is 5. The number of fused-ring (bicyclic) bond motifs is 1. The zero-order valence-electron chi connectivity index (χ0n) is 19.7. The first-order valence-corrected chi connectivity index (χ1v) is 11.6. The lowest BCUT2D eigenvalue weighted by Gasteiger charge is -2.25. The van der Waals surface area contributed by atoms with Crippen molar-refractivity contribution in [1.29, 1.82) is 0 Å². The Kier molecular flexibility index (Phi) is 7.30. The van der Waals surface area contributed by atoms with E-state index in [1.807, 2.05) is 6.92 Å². The van der Waals surface area contributed by atoms with Gasteiger partial charge in [0.15, 0.2) is 6.61 Å². The number of alkyl halides is 3. The second-order valence-electron chi connectivity index (χ2n) is 9.03. The molecule has 188 valence electrons. The number of pyridine rings is 1. The fraction of sp³-hybridized carbons (Fsp3) is 0.480. The van der Waals surface area contributed by atoms with Gasteiger partial charge in [-0.25, -0.2) is 4.98 Å². The number of benzene rings is 1. The molecule has 7 nitrogen and oxygen atoms in total. The first kappa shape index (κ1) is 25.0. The fourth-order valence-corrected chi connectivity index (χ4v) is 4.50. The third kappa shape index (κ3) is 5.93. The first-order valence-electron chi connectivity index (χ1n) is 11.6. The van der Waals surface area contributed by atoms with Gasteiger partial charge in [-0.3, -0.25) is 9.59 Å². The number of amides is 2. The molecule has 4 rings (SSSR count). The fourth-order valence-electron chi connectivity index (χ4n) is 4.50. The van der Waals surface area contributed by atoms with E-state index in [4.69, 9.17) is 9.47 Å². The maximum Gasteiger partial charge on any atom is 0.422 e. The number of carbonyl (C=O) groups excluding carboxylic acids is 2. The lowest BCUT2D eigenvalue weighted by Crippen LogP contribution is -2.27. The molecule has 0 spiro atoms. The number of hydrogen-bond donors (Lipinski definition) is 1. The minimum absolute atomic E-state index is 0.137. The molecule has 2 aromatic rings. The van der Waals surface area contributed by atoms with Crippen LogP contribution in [-0.4, -0.2) is 47.7 Å². The van der Waals surface area contributed by atoms with E-state index in [1.165, 1.54) is 12.3 Å². The van der Waals surface area contributed by atoms with Crippen molar-refractivity contribution in [2.75, 3.05) is 25.1 Å². The Bertz CT molecular complexity index is 1100. The quantitative estimate of drug-likeness (QED) is 0.602. The van der Waals surface area contributed by atoms with E-state index in [-0.39, 0.29) is 36.1 Å². The van der Waals surface area contributed by atoms with Gasteiger partial charge in [0.25, 0.3) is 5.91 Å². The summed E-state index contributed by atoms with van der Waals surface area (Å²) >= 11 is 0. The lowest BCUT2D eigenvalue weighted by atomic mass is 9.96.